The van der Waals surface area contributed by atoms with Crippen molar-refractivity contribution < 1.29 is 14.3 Å². The standard InChI is InChI=1S/C24H24N2O3S/c1-2-17-9-11-18(12-10-17)24(21-8-5-15-30-21)25-22(27)16-26-19-6-3-4-7-20(19)29-14-13-23(26)28/h3-12,15,24H,2,13-14,16H2,1H3,(H,25,27). The van der Waals surface area contributed by atoms with Crippen molar-refractivity contribution in [1.29, 1.82) is 0 Å². The zero-order valence-corrected chi connectivity index (χ0v) is 17.7. The maximum atomic E-state index is 13.0. The molecule has 0 bridgehead atoms. The minimum Gasteiger partial charge on any atom is -0.491 e. The van der Waals surface area contributed by atoms with E-state index in [9.17, 15) is 9.59 Å². The van der Waals surface area contributed by atoms with Crippen molar-refractivity contribution in [3.8, 4) is 5.75 Å². The number of nitrogens with zero attached hydrogens (tertiary/aromatic N) is 1. The van der Waals surface area contributed by atoms with Crippen LogP contribution in [0.25, 0.3) is 0 Å². The second-order valence-electron chi connectivity index (χ2n) is 7.16. The van der Waals surface area contributed by atoms with Crippen LogP contribution in [-0.4, -0.2) is 25.0 Å². The van der Waals surface area contributed by atoms with Crippen LogP contribution >= 0.6 is 11.3 Å². The number of amides is 2. The molecule has 2 amide bonds. The van der Waals surface area contributed by atoms with Crippen molar-refractivity contribution in [3.05, 3.63) is 82.0 Å². The van der Waals surface area contributed by atoms with Gasteiger partial charge in [-0.05, 0) is 41.1 Å². The van der Waals surface area contributed by atoms with Crippen LogP contribution in [0.4, 0.5) is 5.69 Å². The van der Waals surface area contributed by atoms with Crippen LogP contribution in [0.15, 0.2) is 66.0 Å². The molecule has 154 valence electrons. The number of aryl methyl sites for hydroxylation is 1. The van der Waals surface area contributed by atoms with E-state index in [1.54, 1.807) is 11.3 Å². The second kappa shape index (κ2) is 9.13. The highest BCUT2D eigenvalue weighted by Gasteiger charge is 2.26. The van der Waals surface area contributed by atoms with E-state index >= 15 is 0 Å². The summed E-state index contributed by atoms with van der Waals surface area (Å²) in [5, 5.41) is 5.13. The van der Waals surface area contributed by atoms with Gasteiger partial charge in [0.25, 0.3) is 0 Å². The van der Waals surface area contributed by atoms with Gasteiger partial charge in [0.05, 0.1) is 24.8 Å². The van der Waals surface area contributed by atoms with Gasteiger partial charge in [0, 0.05) is 4.88 Å². The van der Waals surface area contributed by atoms with Crippen molar-refractivity contribution in [2.24, 2.45) is 0 Å². The summed E-state index contributed by atoms with van der Waals surface area (Å²) in [6.45, 7) is 2.39. The Balaban J connectivity index is 1.56. The van der Waals surface area contributed by atoms with Gasteiger partial charge < -0.3 is 10.1 Å². The van der Waals surface area contributed by atoms with E-state index in [1.807, 2.05) is 41.8 Å². The summed E-state index contributed by atoms with van der Waals surface area (Å²) in [5.41, 5.74) is 2.91. The molecule has 0 spiro atoms. The number of rotatable bonds is 6. The third kappa shape index (κ3) is 4.39. The molecule has 1 aromatic heterocycles. The van der Waals surface area contributed by atoms with E-state index in [4.69, 9.17) is 4.74 Å². The zero-order valence-electron chi connectivity index (χ0n) is 16.8. The molecule has 2 aromatic carbocycles. The molecule has 0 fully saturated rings. The van der Waals surface area contributed by atoms with Gasteiger partial charge in [0.2, 0.25) is 11.8 Å². The number of para-hydroxylation sites is 2. The van der Waals surface area contributed by atoms with Gasteiger partial charge in [-0.2, -0.15) is 0 Å². The highest BCUT2D eigenvalue weighted by atomic mass is 32.1. The van der Waals surface area contributed by atoms with Crippen molar-refractivity contribution >= 4 is 28.8 Å². The molecule has 0 radical (unpaired) electrons. The first-order chi connectivity index (χ1) is 14.7. The van der Waals surface area contributed by atoms with Crippen LogP contribution in [0.1, 0.15) is 35.4 Å². The summed E-state index contributed by atoms with van der Waals surface area (Å²) in [4.78, 5) is 28.2. The average molecular weight is 421 g/mol. The number of fused-ring (bicyclic) bond motifs is 1. The highest BCUT2D eigenvalue weighted by Crippen LogP contribution is 2.31. The van der Waals surface area contributed by atoms with Gasteiger partial charge in [0.15, 0.2) is 0 Å². The van der Waals surface area contributed by atoms with Gasteiger partial charge in [0.1, 0.15) is 12.3 Å². The van der Waals surface area contributed by atoms with E-state index < -0.39 is 0 Å². The van der Waals surface area contributed by atoms with Crippen LogP contribution in [-0.2, 0) is 16.0 Å². The van der Waals surface area contributed by atoms with Crippen LogP contribution < -0.4 is 15.0 Å². The van der Waals surface area contributed by atoms with E-state index in [0.29, 0.717) is 18.0 Å². The van der Waals surface area contributed by atoms with E-state index in [1.165, 1.54) is 10.5 Å². The van der Waals surface area contributed by atoms with E-state index in [-0.39, 0.29) is 30.8 Å². The molecule has 0 saturated heterocycles. The Kier molecular flexibility index (Phi) is 6.14. The van der Waals surface area contributed by atoms with Gasteiger partial charge in [-0.1, -0.05) is 49.4 Å². The molecule has 1 unspecified atom stereocenters. The predicted octanol–water partition coefficient (Wildman–Crippen LogP) is 4.33. The molecule has 3 aromatic rings. The Morgan fingerprint density at radius 3 is 2.67 bits per heavy atom. The summed E-state index contributed by atoms with van der Waals surface area (Å²) in [6.07, 6.45) is 1.21. The maximum absolute atomic E-state index is 13.0. The average Bonchev–Trinajstić information content (AvgIpc) is 3.26. The molecular formula is C24H24N2O3S. The first-order valence-electron chi connectivity index (χ1n) is 10.1. The molecule has 1 atom stereocenters. The Labute approximate surface area is 180 Å². The van der Waals surface area contributed by atoms with Crippen molar-refractivity contribution in [1.82, 2.24) is 5.32 Å². The molecule has 0 saturated carbocycles. The predicted molar refractivity (Wildman–Crippen MR) is 119 cm³/mol. The lowest BCUT2D eigenvalue weighted by Crippen LogP contribution is -2.41. The summed E-state index contributed by atoms with van der Waals surface area (Å²) < 4.78 is 5.67. The molecule has 4 rings (SSSR count). The normalized spacial score (nSPS) is 14.4. The summed E-state index contributed by atoms with van der Waals surface area (Å²) in [6, 6.07) is 19.4. The molecule has 1 aliphatic heterocycles. The number of carbonyl (C=O) groups is 2. The highest BCUT2D eigenvalue weighted by molar-refractivity contribution is 7.10. The smallest absolute Gasteiger partial charge is 0.240 e. The number of nitrogens with one attached hydrogen (secondary N) is 1. The quantitative estimate of drug-likeness (QED) is 0.646. The number of carbonyl (C=O) groups excluding carboxylic acids is 2. The largest absolute Gasteiger partial charge is 0.491 e. The monoisotopic (exact) mass is 420 g/mol. The molecule has 1 N–H and O–H groups in total. The Morgan fingerprint density at radius 1 is 1.13 bits per heavy atom. The second-order valence-corrected chi connectivity index (χ2v) is 8.14. The van der Waals surface area contributed by atoms with Crippen molar-refractivity contribution in [2.75, 3.05) is 18.1 Å². The molecule has 1 aliphatic rings. The fourth-order valence-corrected chi connectivity index (χ4v) is 4.37. The number of ether oxygens (including phenoxy) is 1. The summed E-state index contributed by atoms with van der Waals surface area (Å²) in [7, 11) is 0. The molecule has 30 heavy (non-hydrogen) atoms. The van der Waals surface area contributed by atoms with Crippen LogP contribution in [0, 0.1) is 0 Å². The maximum Gasteiger partial charge on any atom is 0.240 e. The number of hydrogen-bond donors (Lipinski definition) is 1. The van der Waals surface area contributed by atoms with Gasteiger partial charge in [-0.25, -0.2) is 0 Å². The summed E-state index contributed by atoms with van der Waals surface area (Å²) >= 11 is 1.60. The van der Waals surface area contributed by atoms with Gasteiger partial charge in [-0.15, -0.1) is 11.3 Å². The molecule has 5 nitrogen and oxygen atoms in total. The van der Waals surface area contributed by atoms with Crippen LogP contribution in [0.3, 0.4) is 0 Å². The lowest BCUT2D eigenvalue weighted by Gasteiger charge is -2.24. The minimum atomic E-state index is -0.253. The lowest BCUT2D eigenvalue weighted by molar-refractivity contribution is -0.124. The number of benzene rings is 2. The number of thiophene rings is 1. The summed E-state index contributed by atoms with van der Waals surface area (Å²) in [5.74, 6) is 0.300. The first-order valence-corrected chi connectivity index (χ1v) is 11.0. The third-order valence-electron chi connectivity index (χ3n) is 5.19. The Morgan fingerprint density at radius 2 is 1.93 bits per heavy atom. The topological polar surface area (TPSA) is 58.6 Å². The number of hydrogen-bond acceptors (Lipinski definition) is 4. The van der Waals surface area contributed by atoms with Crippen molar-refractivity contribution in [2.45, 2.75) is 25.8 Å². The Hall–Kier alpha value is -3.12. The van der Waals surface area contributed by atoms with Crippen LogP contribution in [0.2, 0.25) is 0 Å². The Bertz CT molecular complexity index is 1020. The fourth-order valence-electron chi connectivity index (χ4n) is 3.56. The molecule has 6 heteroatoms. The van der Waals surface area contributed by atoms with E-state index in [2.05, 4.69) is 36.5 Å². The zero-order chi connectivity index (χ0) is 20.9. The SMILES string of the molecule is CCc1ccc(C(NC(=O)CN2C(=O)CCOc3ccccc32)c2cccs2)cc1. The van der Waals surface area contributed by atoms with Gasteiger partial charge in [-0.3, -0.25) is 14.5 Å². The third-order valence-corrected chi connectivity index (χ3v) is 6.12. The number of anilines is 1. The van der Waals surface area contributed by atoms with Crippen LogP contribution in [0.5, 0.6) is 5.75 Å². The van der Waals surface area contributed by atoms with Gasteiger partial charge >= 0.3 is 0 Å². The molecule has 2 heterocycles. The lowest BCUT2D eigenvalue weighted by atomic mass is 10.0. The molecular weight excluding hydrogens is 396 g/mol. The molecule has 0 aliphatic carbocycles. The van der Waals surface area contributed by atoms with E-state index in [0.717, 1.165) is 16.9 Å². The first kappa shape index (κ1) is 20.2. The fraction of sp³-hybridized carbons (Fsp3) is 0.250. The van der Waals surface area contributed by atoms with Crippen molar-refractivity contribution in [3.63, 3.8) is 0 Å². The minimum absolute atomic E-state index is 0.0475.